The van der Waals surface area contributed by atoms with E-state index in [-0.39, 0.29) is 40.9 Å². The van der Waals surface area contributed by atoms with Crippen LogP contribution in [0.15, 0.2) is 41.5 Å². The van der Waals surface area contributed by atoms with E-state index in [1.165, 1.54) is 13.0 Å². The number of aliphatic hydroxyl groups is 1. The Bertz CT molecular complexity index is 1080. The fourth-order valence-corrected chi connectivity index (χ4v) is 3.56. The lowest BCUT2D eigenvalue weighted by Crippen LogP contribution is -2.39. The highest BCUT2D eigenvalue weighted by Crippen LogP contribution is 2.42. The van der Waals surface area contributed by atoms with Crippen LogP contribution in [-0.4, -0.2) is 41.7 Å². The Morgan fingerprint density at radius 2 is 2.00 bits per heavy atom. The predicted octanol–water partition coefficient (Wildman–Crippen LogP) is 1.68. The van der Waals surface area contributed by atoms with E-state index in [0.717, 1.165) is 0 Å². The zero-order chi connectivity index (χ0) is 20.0. The van der Waals surface area contributed by atoms with Gasteiger partial charge in [0.2, 0.25) is 6.29 Å². The molecule has 0 spiro atoms. The lowest BCUT2D eigenvalue weighted by Gasteiger charge is -2.32. The van der Waals surface area contributed by atoms with Gasteiger partial charge in [0.25, 0.3) is 6.47 Å². The number of fused-ring (bicyclic) bond motifs is 2. The van der Waals surface area contributed by atoms with Gasteiger partial charge in [-0.25, -0.2) is 0 Å². The first kappa shape index (κ1) is 18.0. The Morgan fingerprint density at radius 1 is 1.25 bits per heavy atom. The quantitative estimate of drug-likeness (QED) is 0.484. The molecule has 28 heavy (non-hydrogen) atoms. The third kappa shape index (κ3) is 2.70. The second-order valence-electron chi connectivity index (χ2n) is 6.35. The summed E-state index contributed by atoms with van der Waals surface area (Å²) in [4.78, 5) is 48.5. The number of benzene rings is 2. The summed E-state index contributed by atoms with van der Waals surface area (Å²) in [5, 5.41) is 11.3. The van der Waals surface area contributed by atoms with Crippen LogP contribution in [0.3, 0.4) is 0 Å². The fourth-order valence-electron chi connectivity index (χ4n) is 3.56. The van der Waals surface area contributed by atoms with Crippen molar-refractivity contribution in [1.82, 2.24) is 0 Å². The summed E-state index contributed by atoms with van der Waals surface area (Å²) in [6, 6.07) is 8.36. The van der Waals surface area contributed by atoms with Gasteiger partial charge in [0.1, 0.15) is 0 Å². The topological polar surface area (TPSA) is 116 Å². The number of aliphatic hydroxyl groups excluding tert-OH is 1. The van der Waals surface area contributed by atoms with Crippen LogP contribution in [0.25, 0.3) is 10.8 Å². The van der Waals surface area contributed by atoms with Gasteiger partial charge in [-0.3, -0.25) is 19.2 Å². The minimum atomic E-state index is -1.72. The van der Waals surface area contributed by atoms with E-state index in [0.29, 0.717) is 10.8 Å². The zero-order valence-electron chi connectivity index (χ0n) is 14.6. The summed E-state index contributed by atoms with van der Waals surface area (Å²) in [5.74, 6) is -1.86. The third-order valence-corrected chi connectivity index (χ3v) is 4.67. The molecule has 2 aromatic rings. The van der Waals surface area contributed by atoms with Gasteiger partial charge in [0, 0.05) is 29.9 Å². The number of hydrogen-bond acceptors (Lipinski definition) is 8. The Balaban J connectivity index is 1.96. The summed E-state index contributed by atoms with van der Waals surface area (Å²) in [6.45, 7) is 1.32. The maximum atomic E-state index is 13.2. The van der Waals surface area contributed by atoms with Gasteiger partial charge in [-0.1, -0.05) is 24.3 Å². The van der Waals surface area contributed by atoms with Crippen molar-refractivity contribution in [2.24, 2.45) is 0 Å². The second kappa shape index (κ2) is 6.66. The number of carbonyl (C=O) groups is 4. The van der Waals surface area contributed by atoms with Gasteiger partial charge in [0.05, 0.1) is 11.1 Å². The number of carbonyl (C=O) groups excluding carboxylic acids is 4. The molecule has 0 saturated carbocycles. The van der Waals surface area contributed by atoms with Crippen LogP contribution in [0.5, 0.6) is 5.75 Å². The Hall–Kier alpha value is -3.36. The van der Waals surface area contributed by atoms with Crippen LogP contribution in [-0.2, 0) is 19.1 Å². The number of esters is 1. The predicted molar refractivity (Wildman–Crippen MR) is 93.6 cm³/mol. The number of ether oxygens (including phenoxy) is 3. The molecule has 0 bridgehead atoms. The average molecular weight is 382 g/mol. The van der Waals surface area contributed by atoms with Crippen molar-refractivity contribution in [1.29, 1.82) is 0 Å². The SMILES string of the molecule is CC(=O)Oc1c2c(cc3ccccc13)C(=O)C1=C(CC(OC=O)OC1O)C2=O. The molecule has 8 heteroatoms. The summed E-state index contributed by atoms with van der Waals surface area (Å²) in [7, 11) is 0. The highest BCUT2D eigenvalue weighted by atomic mass is 16.7. The van der Waals surface area contributed by atoms with Gasteiger partial charge in [-0.2, -0.15) is 0 Å². The van der Waals surface area contributed by atoms with Gasteiger partial charge in [0.15, 0.2) is 23.6 Å². The lowest BCUT2D eigenvalue weighted by atomic mass is 9.79. The molecular formula is C20H14O8. The summed E-state index contributed by atoms with van der Waals surface area (Å²) >= 11 is 0. The van der Waals surface area contributed by atoms with Crippen LogP contribution in [0.2, 0.25) is 0 Å². The molecule has 2 atom stereocenters. The van der Waals surface area contributed by atoms with Gasteiger partial charge >= 0.3 is 5.97 Å². The molecule has 4 rings (SSSR count). The largest absolute Gasteiger partial charge is 0.437 e. The number of rotatable bonds is 3. The number of hydrogen-bond donors (Lipinski definition) is 1. The molecule has 1 aliphatic heterocycles. The molecule has 0 radical (unpaired) electrons. The minimum absolute atomic E-state index is 0.0103. The van der Waals surface area contributed by atoms with E-state index in [4.69, 9.17) is 14.2 Å². The van der Waals surface area contributed by atoms with E-state index in [2.05, 4.69) is 0 Å². The van der Waals surface area contributed by atoms with Crippen LogP contribution < -0.4 is 4.74 Å². The van der Waals surface area contributed by atoms with E-state index in [1.807, 2.05) is 0 Å². The molecular weight excluding hydrogens is 368 g/mol. The molecule has 2 unspecified atom stereocenters. The van der Waals surface area contributed by atoms with Crippen LogP contribution >= 0.6 is 0 Å². The van der Waals surface area contributed by atoms with Crippen molar-refractivity contribution in [3.63, 3.8) is 0 Å². The minimum Gasteiger partial charge on any atom is -0.437 e. The van der Waals surface area contributed by atoms with Crippen molar-refractivity contribution >= 4 is 34.8 Å². The standard InChI is InChI=1S/C20H14O8/c1-9(22)27-19-11-5-3-2-4-10(11)6-12-15(19)17(23)13-7-14(26-8-21)28-20(25)16(13)18(12)24/h2-6,8,14,20,25H,7H2,1H3. The average Bonchev–Trinajstić information content (AvgIpc) is 2.65. The lowest BCUT2D eigenvalue weighted by molar-refractivity contribution is -0.210. The first-order valence-electron chi connectivity index (χ1n) is 8.41. The molecule has 1 aliphatic carbocycles. The summed E-state index contributed by atoms with van der Waals surface area (Å²) < 4.78 is 15.1. The van der Waals surface area contributed by atoms with Gasteiger partial charge < -0.3 is 19.3 Å². The number of ketones is 2. The summed E-state index contributed by atoms with van der Waals surface area (Å²) in [6.07, 6.45) is -3.13. The van der Waals surface area contributed by atoms with Crippen LogP contribution in [0, 0.1) is 0 Å². The molecule has 2 aromatic carbocycles. The Labute approximate surface area is 158 Å². The highest BCUT2D eigenvalue weighted by molar-refractivity contribution is 6.30. The van der Waals surface area contributed by atoms with E-state index < -0.39 is 30.1 Å². The van der Waals surface area contributed by atoms with E-state index in [9.17, 15) is 24.3 Å². The summed E-state index contributed by atoms with van der Waals surface area (Å²) in [5.41, 5.74) is -0.285. The molecule has 0 fully saturated rings. The Morgan fingerprint density at radius 3 is 2.71 bits per heavy atom. The Kier molecular flexibility index (Phi) is 4.29. The second-order valence-corrected chi connectivity index (χ2v) is 6.35. The molecule has 8 nitrogen and oxygen atoms in total. The first-order valence-corrected chi connectivity index (χ1v) is 8.41. The van der Waals surface area contributed by atoms with Crippen molar-refractivity contribution < 1.29 is 38.5 Å². The fraction of sp³-hybridized carbons (Fsp3) is 0.200. The maximum absolute atomic E-state index is 13.2. The zero-order valence-corrected chi connectivity index (χ0v) is 14.6. The number of Topliss-reactive ketones (excluding diaryl/α,β-unsaturated/α-hetero) is 2. The smallest absolute Gasteiger partial charge is 0.308 e. The normalized spacial score (nSPS) is 21.2. The molecule has 0 aromatic heterocycles. The van der Waals surface area contributed by atoms with Crippen molar-refractivity contribution in [3.05, 3.63) is 52.6 Å². The van der Waals surface area contributed by atoms with Crippen molar-refractivity contribution in [2.75, 3.05) is 0 Å². The molecule has 142 valence electrons. The van der Waals surface area contributed by atoms with E-state index >= 15 is 0 Å². The molecule has 2 aliphatic rings. The third-order valence-electron chi connectivity index (χ3n) is 4.67. The molecule has 1 N–H and O–H groups in total. The van der Waals surface area contributed by atoms with Crippen molar-refractivity contribution in [3.8, 4) is 5.75 Å². The maximum Gasteiger partial charge on any atom is 0.308 e. The monoisotopic (exact) mass is 382 g/mol. The first-order chi connectivity index (χ1) is 13.4. The van der Waals surface area contributed by atoms with Crippen molar-refractivity contribution in [2.45, 2.75) is 25.9 Å². The molecule has 0 amide bonds. The van der Waals surface area contributed by atoms with Crippen LogP contribution in [0.1, 0.15) is 34.1 Å². The van der Waals surface area contributed by atoms with Gasteiger partial charge in [-0.05, 0) is 11.5 Å². The van der Waals surface area contributed by atoms with E-state index in [1.54, 1.807) is 24.3 Å². The highest BCUT2D eigenvalue weighted by Gasteiger charge is 2.43. The molecule has 0 saturated heterocycles. The molecule has 1 heterocycles. The van der Waals surface area contributed by atoms with Crippen LogP contribution in [0.4, 0.5) is 0 Å². The van der Waals surface area contributed by atoms with Gasteiger partial charge in [-0.15, -0.1) is 0 Å².